The molecule has 18 heavy (non-hydrogen) atoms. The third-order valence-corrected chi connectivity index (χ3v) is 4.69. The van der Waals surface area contributed by atoms with Crippen LogP contribution in [0.5, 0.6) is 0 Å². The van der Waals surface area contributed by atoms with Gasteiger partial charge < -0.3 is 5.73 Å². The predicted molar refractivity (Wildman–Crippen MR) is 81.1 cm³/mol. The Morgan fingerprint density at radius 2 is 2.00 bits per heavy atom. The summed E-state index contributed by atoms with van der Waals surface area (Å²) < 4.78 is 0. The Morgan fingerprint density at radius 3 is 2.61 bits per heavy atom. The van der Waals surface area contributed by atoms with Crippen LogP contribution in [0.25, 0.3) is 5.70 Å². The van der Waals surface area contributed by atoms with Crippen LogP contribution in [0, 0.1) is 0 Å². The Morgan fingerprint density at radius 1 is 1.33 bits per heavy atom. The molecule has 98 valence electrons. The van der Waals surface area contributed by atoms with Crippen molar-refractivity contribution in [2.45, 2.75) is 31.6 Å². The lowest BCUT2D eigenvalue weighted by molar-refractivity contribution is 0.312. The van der Waals surface area contributed by atoms with Gasteiger partial charge in [0.05, 0.1) is 5.37 Å². The number of nitrogens with zero attached hydrogens (tertiary/aromatic N) is 1. The van der Waals surface area contributed by atoms with Crippen LogP contribution in [-0.4, -0.2) is 23.4 Å². The van der Waals surface area contributed by atoms with E-state index in [4.69, 9.17) is 5.73 Å². The first-order valence-electron chi connectivity index (χ1n) is 6.72. The number of likely N-dealkylation sites (tertiary alicyclic amines) is 1. The molecule has 1 saturated heterocycles. The quantitative estimate of drug-likeness (QED) is 0.880. The van der Waals surface area contributed by atoms with Crippen molar-refractivity contribution in [2.24, 2.45) is 5.73 Å². The van der Waals surface area contributed by atoms with Crippen molar-refractivity contribution in [1.82, 2.24) is 4.90 Å². The molecule has 1 aromatic carbocycles. The molecule has 2 nitrogen and oxygen atoms in total. The van der Waals surface area contributed by atoms with Gasteiger partial charge in [0.25, 0.3) is 0 Å². The smallest absolute Gasteiger partial charge is 0.0596 e. The molecule has 1 aliphatic heterocycles. The van der Waals surface area contributed by atoms with Crippen molar-refractivity contribution >= 4 is 17.5 Å². The zero-order valence-electron chi connectivity index (χ0n) is 11.0. The summed E-state index contributed by atoms with van der Waals surface area (Å²) >= 11 is 1.86. The second-order valence-corrected chi connectivity index (χ2v) is 5.73. The minimum absolute atomic E-state index is 0.578. The van der Waals surface area contributed by atoms with Crippen LogP contribution in [0.3, 0.4) is 0 Å². The number of benzene rings is 1. The van der Waals surface area contributed by atoms with Crippen molar-refractivity contribution in [1.29, 1.82) is 0 Å². The van der Waals surface area contributed by atoms with Crippen molar-refractivity contribution in [2.75, 3.05) is 13.1 Å². The lowest BCUT2D eigenvalue weighted by Gasteiger charge is -2.24. The molecule has 0 saturated carbocycles. The molecule has 1 aromatic rings. The van der Waals surface area contributed by atoms with Crippen molar-refractivity contribution in [3.05, 3.63) is 41.3 Å². The molecule has 2 rings (SSSR count). The van der Waals surface area contributed by atoms with Crippen molar-refractivity contribution in [3.8, 4) is 0 Å². The normalized spacial score (nSPS) is 19.1. The summed E-state index contributed by atoms with van der Waals surface area (Å²) in [5.41, 5.74) is 8.10. The lowest BCUT2D eigenvalue weighted by Crippen LogP contribution is -2.28. The maximum Gasteiger partial charge on any atom is 0.0596 e. The molecule has 0 spiro atoms. The van der Waals surface area contributed by atoms with E-state index in [0.29, 0.717) is 5.37 Å². The molecule has 0 aromatic heterocycles. The third kappa shape index (κ3) is 3.53. The fourth-order valence-electron chi connectivity index (χ4n) is 2.32. The lowest BCUT2D eigenvalue weighted by atomic mass is 10.2. The molecule has 1 atom stereocenters. The van der Waals surface area contributed by atoms with Crippen LogP contribution < -0.4 is 5.73 Å². The van der Waals surface area contributed by atoms with Gasteiger partial charge in [-0.1, -0.05) is 37.3 Å². The minimum atomic E-state index is 0.578. The highest BCUT2D eigenvalue weighted by atomic mass is 32.2. The SMILES string of the molecule is CCC(S/C=C(\N)c1ccccc1)N1CCCC1. The second-order valence-electron chi connectivity index (χ2n) is 4.68. The monoisotopic (exact) mass is 262 g/mol. The van der Waals surface area contributed by atoms with Crippen molar-refractivity contribution in [3.63, 3.8) is 0 Å². The maximum absolute atomic E-state index is 6.12. The molecule has 3 heteroatoms. The first kappa shape index (κ1) is 13.5. The van der Waals surface area contributed by atoms with Gasteiger partial charge in [0.1, 0.15) is 0 Å². The summed E-state index contributed by atoms with van der Waals surface area (Å²) in [6.07, 6.45) is 3.85. The Bertz CT molecular complexity index is 383. The first-order chi connectivity index (χ1) is 8.81. The average molecular weight is 262 g/mol. The molecule has 0 radical (unpaired) electrons. The van der Waals surface area contributed by atoms with Gasteiger partial charge in [-0.2, -0.15) is 0 Å². The molecular formula is C15H22N2S. The molecule has 1 aliphatic rings. The average Bonchev–Trinajstić information content (AvgIpc) is 2.94. The molecule has 0 bridgehead atoms. The van der Waals surface area contributed by atoms with Crippen LogP contribution in [0.1, 0.15) is 31.7 Å². The maximum atomic E-state index is 6.12. The number of hydrogen-bond acceptors (Lipinski definition) is 3. The number of nitrogens with two attached hydrogens (primary N) is 1. The molecule has 1 fully saturated rings. The first-order valence-corrected chi connectivity index (χ1v) is 7.66. The van der Waals surface area contributed by atoms with E-state index in [1.165, 1.54) is 32.4 Å². The fraction of sp³-hybridized carbons (Fsp3) is 0.467. The van der Waals surface area contributed by atoms with E-state index in [1.54, 1.807) is 0 Å². The zero-order chi connectivity index (χ0) is 12.8. The molecule has 0 amide bonds. The largest absolute Gasteiger partial charge is 0.398 e. The van der Waals surface area contributed by atoms with Gasteiger partial charge in [-0.15, -0.1) is 11.8 Å². The Balaban J connectivity index is 1.95. The second kappa shape index (κ2) is 6.86. The fourth-order valence-corrected chi connectivity index (χ4v) is 3.34. The van der Waals surface area contributed by atoms with E-state index >= 15 is 0 Å². The van der Waals surface area contributed by atoms with Gasteiger partial charge in [-0.05, 0) is 43.3 Å². The van der Waals surface area contributed by atoms with Crippen LogP contribution in [0.15, 0.2) is 35.7 Å². The van der Waals surface area contributed by atoms with E-state index in [9.17, 15) is 0 Å². The molecule has 0 aliphatic carbocycles. The van der Waals surface area contributed by atoms with Gasteiger partial charge in [-0.25, -0.2) is 0 Å². The van der Waals surface area contributed by atoms with Gasteiger partial charge in [0.15, 0.2) is 0 Å². The number of hydrogen-bond donors (Lipinski definition) is 1. The summed E-state index contributed by atoms with van der Waals surface area (Å²) in [4.78, 5) is 2.57. The minimum Gasteiger partial charge on any atom is -0.398 e. The van der Waals surface area contributed by atoms with E-state index in [-0.39, 0.29) is 0 Å². The van der Waals surface area contributed by atoms with Crippen LogP contribution in [0.2, 0.25) is 0 Å². The zero-order valence-corrected chi connectivity index (χ0v) is 11.8. The summed E-state index contributed by atoms with van der Waals surface area (Å²) in [5, 5.41) is 2.69. The Kier molecular flexibility index (Phi) is 5.14. The molecular weight excluding hydrogens is 240 g/mol. The van der Waals surface area contributed by atoms with Gasteiger partial charge in [0.2, 0.25) is 0 Å². The molecule has 1 heterocycles. The molecule has 1 unspecified atom stereocenters. The van der Waals surface area contributed by atoms with Crippen LogP contribution in [0.4, 0.5) is 0 Å². The van der Waals surface area contributed by atoms with Crippen LogP contribution >= 0.6 is 11.8 Å². The van der Waals surface area contributed by atoms with Crippen molar-refractivity contribution < 1.29 is 0 Å². The number of rotatable bonds is 5. The van der Waals surface area contributed by atoms with E-state index in [0.717, 1.165) is 11.3 Å². The summed E-state index contributed by atoms with van der Waals surface area (Å²) in [6.45, 7) is 4.73. The predicted octanol–water partition coefficient (Wildman–Crippen LogP) is 3.51. The van der Waals surface area contributed by atoms with E-state index in [2.05, 4.69) is 29.4 Å². The summed E-state index contributed by atoms with van der Waals surface area (Å²) in [7, 11) is 0. The van der Waals surface area contributed by atoms with Gasteiger partial charge >= 0.3 is 0 Å². The standard InChI is InChI=1S/C15H22N2S/c1-2-15(17-10-6-7-11-17)18-12-14(16)13-8-4-3-5-9-13/h3-5,8-9,12,15H,2,6-7,10-11,16H2,1H3/b14-12-. The summed E-state index contributed by atoms with van der Waals surface area (Å²) in [5.74, 6) is 0. The topological polar surface area (TPSA) is 29.3 Å². The highest BCUT2D eigenvalue weighted by Gasteiger charge is 2.19. The highest BCUT2D eigenvalue weighted by molar-refractivity contribution is 8.02. The van der Waals surface area contributed by atoms with Gasteiger partial charge in [-0.3, -0.25) is 4.90 Å². The Labute approximate surface area is 114 Å². The third-order valence-electron chi connectivity index (χ3n) is 3.36. The van der Waals surface area contributed by atoms with E-state index < -0.39 is 0 Å². The van der Waals surface area contributed by atoms with E-state index in [1.807, 2.05) is 30.0 Å². The highest BCUT2D eigenvalue weighted by Crippen LogP contribution is 2.26. The number of thioether (sulfide) groups is 1. The molecule has 2 N–H and O–H groups in total. The van der Waals surface area contributed by atoms with Crippen LogP contribution in [-0.2, 0) is 0 Å². The van der Waals surface area contributed by atoms with Gasteiger partial charge in [0, 0.05) is 5.70 Å². The Hall–Kier alpha value is -0.930. The summed E-state index contributed by atoms with van der Waals surface area (Å²) in [6, 6.07) is 10.2.